The van der Waals surface area contributed by atoms with Gasteiger partial charge in [0, 0.05) is 0 Å². The number of anilines is 3. The van der Waals surface area contributed by atoms with Crippen LogP contribution in [-0.4, -0.2) is 24.5 Å². The van der Waals surface area contributed by atoms with Crippen LogP contribution in [0.4, 0.5) is 15.9 Å². The molecule has 2 aromatic heterocycles. The Balaban J connectivity index is 1.75. The van der Waals surface area contributed by atoms with E-state index in [0.29, 0.717) is 0 Å². The molecule has 0 bridgehead atoms. The number of aromatic nitrogens is 2. The summed E-state index contributed by atoms with van der Waals surface area (Å²) in [5.41, 5.74) is 5.35. The van der Waals surface area contributed by atoms with Crippen molar-refractivity contribution in [3.8, 4) is 21.5 Å². The van der Waals surface area contributed by atoms with E-state index in [-0.39, 0.29) is 14.5 Å². The summed E-state index contributed by atoms with van der Waals surface area (Å²) in [6, 6.07) is 37.5. The molecule has 3 aromatic carbocycles. The van der Waals surface area contributed by atoms with Crippen LogP contribution in [0.2, 0.25) is 0 Å². The molecule has 2 heterocycles. The molecule has 0 aliphatic carbocycles. The van der Waals surface area contributed by atoms with Gasteiger partial charge in [-0.2, -0.15) is 0 Å². The summed E-state index contributed by atoms with van der Waals surface area (Å²) < 4.78 is 2.26. The van der Waals surface area contributed by atoms with Gasteiger partial charge in [0.2, 0.25) is 0 Å². The second-order valence-electron chi connectivity index (χ2n) is 6.76. The van der Waals surface area contributed by atoms with Crippen LogP contribution in [0.5, 0.6) is 0 Å². The van der Waals surface area contributed by atoms with Crippen molar-refractivity contribution in [1.82, 2.24) is 9.97 Å². The minimum atomic E-state index is 0.00517. The fourth-order valence-corrected chi connectivity index (χ4v) is 5.71. The van der Waals surface area contributed by atoms with E-state index in [1.54, 1.807) is 0 Å². The normalized spacial score (nSPS) is 10.7. The quantitative estimate of drug-likeness (QED) is 0.292. The topological polar surface area (TPSA) is 29.0 Å². The zero-order valence-corrected chi connectivity index (χ0v) is 17.9. The summed E-state index contributed by atoms with van der Waals surface area (Å²) in [5.74, 6) is 0. The average molecular weight is 452 g/mol. The minimum absolute atomic E-state index is 0.00517. The van der Waals surface area contributed by atoms with Crippen molar-refractivity contribution in [1.29, 1.82) is 0 Å². The van der Waals surface area contributed by atoms with E-state index >= 15 is 0 Å². The van der Waals surface area contributed by atoms with Crippen LogP contribution in [0.15, 0.2) is 115 Å². The summed E-state index contributed by atoms with van der Waals surface area (Å²) in [6.07, 6.45) is 1.83. The number of rotatable bonds is 5. The molecule has 0 aliphatic heterocycles. The number of benzene rings is 3. The zero-order valence-electron chi connectivity index (χ0n) is 16.2. The van der Waals surface area contributed by atoms with Gasteiger partial charge >= 0.3 is 182 Å². The van der Waals surface area contributed by atoms with Crippen molar-refractivity contribution < 1.29 is 0 Å². The zero-order chi connectivity index (χ0) is 20.2. The monoisotopic (exact) mass is 453 g/mol. The molecule has 0 aliphatic rings. The molecule has 0 atom stereocenters. The van der Waals surface area contributed by atoms with Crippen molar-refractivity contribution in [3.05, 3.63) is 115 Å². The summed E-state index contributed by atoms with van der Waals surface area (Å²) in [6.45, 7) is 0. The van der Waals surface area contributed by atoms with E-state index in [0.717, 1.165) is 32.9 Å². The first-order valence-electron chi connectivity index (χ1n) is 9.78. The van der Waals surface area contributed by atoms with E-state index in [1.807, 2.05) is 30.5 Å². The van der Waals surface area contributed by atoms with Gasteiger partial charge in [-0.05, 0) is 0 Å². The Morgan fingerprint density at radius 1 is 0.600 bits per heavy atom. The third-order valence-corrected chi connectivity index (χ3v) is 7.00. The van der Waals surface area contributed by atoms with Gasteiger partial charge in [0.05, 0.1) is 0 Å². The predicted octanol–water partition coefficient (Wildman–Crippen LogP) is 6.34. The van der Waals surface area contributed by atoms with Gasteiger partial charge in [-0.3, -0.25) is 0 Å². The number of para-hydroxylation sites is 2. The van der Waals surface area contributed by atoms with E-state index in [9.17, 15) is 0 Å². The first-order chi connectivity index (χ1) is 14.9. The number of pyridine rings is 1. The van der Waals surface area contributed by atoms with Crippen LogP contribution in [0.25, 0.3) is 21.5 Å². The molecule has 144 valence electrons. The Hall–Kier alpha value is -3.46. The van der Waals surface area contributed by atoms with Gasteiger partial charge in [0.15, 0.2) is 0 Å². The summed E-state index contributed by atoms with van der Waals surface area (Å²) in [5, 5.41) is 0. The summed E-state index contributed by atoms with van der Waals surface area (Å²) in [4.78, 5) is 12.0. The molecule has 4 heteroatoms. The van der Waals surface area contributed by atoms with E-state index < -0.39 is 0 Å². The van der Waals surface area contributed by atoms with Gasteiger partial charge in [-0.15, -0.1) is 0 Å². The Kier molecular flexibility index (Phi) is 5.26. The summed E-state index contributed by atoms with van der Waals surface area (Å²) in [7, 11) is 0. The molecule has 0 N–H and O–H groups in total. The second-order valence-corrected chi connectivity index (χ2v) is 8.81. The Morgan fingerprint density at radius 3 is 1.73 bits per heavy atom. The van der Waals surface area contributed by atoms with Crippen LogP contribution in [-0.2, 0) is 0 Å². The Morgan fingerprint density at radius 2 is 1.17 bits per heavy atom. The van der Waals surface area contributed by atoms with Gasteiger partial charge < -0.3 is 0 Å². The van der Waals surface area contributed by atoms with Crippen molar-refractivity contribution in [2.75, 3.05) is 4.90 Å². The van der Waals surface area contributed by atoms with Gasteiger partial charge in [0.25, 0.3) is 0 Å². The van der Waals surface area contributed by atoms with Gasteiger partial charge in [0.1, 0.15) is 0 Å². The number of hydrogen-bond donors (Lipinski definition) is 0. The molecular weight excluding hydrogens is 433 g/mol. The third-order valence-electron chi connectivity index (χ3n) is 4.77. The average Bonchev–Trinajstić information content (AvgIpc) is 3.27. The Labute approximate surface area is 182 Å². The molecule has 0 spiro atoms. The maximum atomic E-state index is 5.10. The SMILES string of the molecule is c1ccc(-c2nc(-c3ccccn3)[se]c2N(c2ccccc2)c2ccccc2)cc1. The van der Waals surface area contributed by atoms with Crippen molar-refractivity contribution in [3.63, 3.8) is 0 Å². The van der Waals surface area contributed by atoms with Crippen molar-refractivity contribution in [2.45, 2.75) is 0 Å². The molecule has 5 aromatic rings. The third kappa shape index (κ3) is 3.71. The van der Waals surface area contributed by atoms with Gasteiger partial charge in [-0.25, -0.2) is 0 Å². The van der Waals surface area contributed by atoms with Crippen molar-refractivity contribution in [2.24, 2.45) is 0 Å². The fourth-order valence-electron chi connectivity index (χ4n) is 3.38. The molecule has 30 heavy (non-hydrogen) atoms. The number of nitrogens with zero attached hydrogens (tertiary/aromatic N) is 3. The van der Waals surface area contributed by atoms with Gasteiger partial charge in [-0.1, -0.05) is 0 Å². The predicted molar refractivity (Wildman–Crippen MR) is 125 cm³/mol. The first kappa shape index (κ1) is 18.6. The molecule has 0 unspecified atom stereocenters. The fraction of sp³-hybridized carbons (Fsp3) is 0. The first-order valence-corrected chi connectivity index (χ1v) is 11.5. The molecule has 3 nitrogen and oxygen atoms in total. The van der Waals surface area contributed by atoms with Crippen LogP contribution in [0.3, 0.4) is 0 Å². The van der Waals surface area contributed by atoms with E-state index in [4.69, 9.17) is 4.98 Å². The van der Waals surface area contributed by atoms with E-state index in [1.165, 1.54) is 4.56 Å². The molecule has 0 saturated heterocycles. The van der Waals surface area contributed by atoms with Crippen LogP contribution >= 0.6 is 0 Å². The van der Waals surface area contributed by atoms with Crippen molar-refractivity contribution >= 4 is 30.4 Å². The van der Waals surface area contributed by atoms with E-state index in [2.05, 4.69) is 94.8 Å². The van der Waals surface area contributed by atoms with Crippen LogP contribution in [0.1, 0.15) is 0 Å². The molecule has 0 radical (unpaired) electrons. The van der Waals surface area contributed by atoms with Crippen LogP contribution < -0.4 is 4.90 Å². The van der Waals surface area contributed by atoms with Crippen LogP contribution in [0, 0.1) is 0 Å². The maximum absolute atomic E-state index is 5.10. The second kappa shape index (κ2) is 8.50. The molecule has 0 fully saturated rings. The molecular formula is C26H19N3Se. The Bertz CT molecular complexity index is 1180. The molecule has 5 rings (SSSR count). The molecule has 0 saturated carbocycles. The molecule has 0 amide bonds. The standard InChI is InChI=1S/C26H19N3Se/c1-4-12-20(13-5-1)24-26(30-25(28-24)23-18-10-11-19-27-23)29(21-14-6-2-7-15-21)22-16-8-3-9-17-22/h1-19H. The number of hydrogen-bond acceptors (Lipinski definition) is 3. The summed E-state index contributed by atoms with van der Waals surface area (Å²) >= 11 is 0.00517.